The normalized spacial score (nSPS) is 15.9. The van der Waals surface area contributed by atoms with E-state index in [-0.39, 0.29) is 5.91 Å². The van der Waals surface area contributed by atoms with Crippen molar-refractivity contribution in [3.05, 3.63) is 53.9 Å². The van der Waals surface area contributed by atoms with Crippen LogP contribution in [0.5, 0.6) is 0 Å². The van der Waals surface area contributed by atoms with Crippen LogP contribution in [0.4, 0.5) is 0 Å². The van der Waals surface area contributed by atoms with Gasteiger partial charge in [-0.05, 0) is 31.5 Å². The van der Waals surface area contributed by atoms with Gasteiger partial charge in [0.2, 0.25) is 0 Å². The number of aromatic nitrogens is 4. The second-order valence-corrected chi connectivity index (χ2v) is 7.13. The smallest absolute Gasteiger partial charge is 0.253 e. The molecule has 4 rings (SSSR count). The lowest BCUT2D eigenvalue weighted by molar-refractivity contribution is 0.0761. The third-order valence-corrected chi connectivity index (χ3v) is 5.07. The van der Waals surface area contributed by atoms with E-state index in [0.29, 0.717) is 5.56 Å². The molecular weight excluding hydrogens is 340 g/mol. The van der Waals surface area contributed by atoms with Crippen LogP contribution in [0.3, 0.4) is 0 Å². The first-order chi connectivity index (χ1) is 13.1. The molecule has 1 saturated heterocycles. The van der Waals surface area contributed by atoms with E-state index in [0.717, 1.165) is 61.6 Å². The Labute approximate surface area is 158 Å². The highest BCUT2D eigenvalue weighted by Crippen LogP contribution is 2.17. The van der Waals surface area contributed by atoms with Gasteiger partial charge in [-0.2, -0.15) is 0 Å². The number of hydrogen-bond acceptors (Lipinski definition) is 5. The number of fused-ring (bicyclic) bond motifs is 1. The number of hydrogen-bond donors (Lipinski definition) is 0. The number of benzene rings is 1. The molecule has 27 heavy (non-hydrogen) atoms. The third-order valence-electron chi connectivity index (χ3n) is 5.07. The molecule has 0 radical (unpaired) electrons. The predicted octanol–water partition coefficient (Wildman–Crippen LogP) is 2.02. The van der Waals surface area contributed by atoms with Crippen molar-refractivity contribution < 1.29 is 4.79 Å². The molecule has 1 fully saturated rings. The SMILES string of the molecule is Cc1cnc(CN2CCCN(C(=O)c3ccc4c(c3)ncn4C)CC2)cn1. The molecule has 1 aromatic carbocycles. The fraction of sp³-hybridized carbons (Fsp3) is 0.400. The van der Waals surface area contributed by atoms with E-state index in [1.807, 2.05) is 47.8 Å². The first kappa shape index (κ1) is 17.6. The lowest BCUT2D eigenvalue weighted by atomic mass is 10.1. The van der Waals surface area contributed by atoms with Crippen LogP contribution in [0.25, 0.3) is 11.0 Å². The minimum Gasteiger partial charge on any atom is -0.337 e. The van der Waals surface area contributed by atoms with Crippen molar-refractivity contribution >= 4 is 16.9 Å². The van der Waals surface area contributed by atoms with Gasteiger partial charge in [-0.15, -0.1) is 0 Å². The van der Waals surface area contributed by atoms with Gasteiger partial charge in [0, 0.05) is 57.7 Å². The Hall–Kier alpha value is -2.80. The molecule has 0 atom stereocenters. The molecule has 0 bridgehead atoms. The van der Waals surface area contributed by atoms with E-state index in [2.05, 4.69) is 19.9 Å². The summed E-state index contributed by atoms with van der Waals surface area (Å²) in [5.41, 5.74) is 4.50. The first-order valence-electron chi connectivity index (χ1n) is 9.30. The van der Waals surface area contributed by atoms with Crippen LogP contribution < -0.4 is 0 Å². The van der Waals surface area contributed by atoms with Crippen molar-refractivity contribution in [2.45, 2.75) is 19.9 Å². The summed E-state index contributed by atoms with van der Waals surface area (Å²) >= 11 is 0. The summed E-state index contributed by atoms with van der Waals surface area (Å²) in [4.78, 5) is 30.4. The van der Waals surface area contributed by atoms with Gasteiger partial charge in [-0.1, -0.05) is 0 Å². The molecule has 1 aliphatic heterocycles. The molecule has 0 spiro atoms. The molecule has 0 saturated carbocycles. The second kappa shape index (κ2) is 7.44. The van der Waals surface area contributed by atoms with E-state index in [9.17, 15) is 4.79 Å². The summed E-state index contributed by atoms with van der Waals surface area (Å²) in [6.07, 6.45) is 6.37. The average molecular weight is 364 g/mol. The van der Waals surface area contributed by atoms with Gasteiger partial charge >= 0.3 is 0 Å². The van der Waals surface area contributed by atoms with Crippen molar-refractivity contribution in [1.82, 2.24) is 29.3 Å². The number of nitrogens with zero attached hydrogens (tertiary/aromatic N) is 6. The zero-order valence-electron chi connectivity index (χ0n) is 15.8. The number of amides is 1. The lowest BCUT2D eigenvalue weighted by Gasteiger charge is -2.22. The maximum absolute atomic E-state index is 13.0. The molecule has 2 aromatic heterocycles. The zero-order chi connectivity index (χ0) is 18.8. The van der Waals surface area contributed by atoms with Gasteiger partial charge in [0.25, 0.3) is 5.91 Å². The maximum atomic E-state index is 13.0. The van der Waals surface area contributed by atoms with Crippen LogP contribution in [0, 0.1) is 6.92 Å². The van der Waals surface area contributed by atoms with Gasteiger partial charge in [0.15, 0.2) is 0 Å². The molecule has 1 aliphatic rings. The fourth-order valence-electron chi connectivity index (χ4n) is 3.51. The maximum Gasteiger partial charge on any atom is 0.253 e. The van der Waals surface area contributed by atoms with Crippen LogP contribution >= 0.6 is 0 Å². The summed E-state index contributed by atoms with van der Waals surface area (Å²) in [6.45, 7) is 6.00. The molecule has 3 heterocycles. The lowest BCUT2D eigenvalue weighted by Crippen LogP contribution is -2.35. The fourth-order valence-corrected chi connectivity index (χ4v) is 3.51. The minimum absolute atomic E-state index is 0.0829. The minimum atomic E-state index is 0.0829. The highest BCUT2D eigenvalue weighted by molar-refractivity contribution is 5.97. The van der Waals surface area contributed by atoms with Crippen molar-refractivity contribution in [2.24, 2.45) is 7.05 Å². The number of aryl methyl sites for hydroxylation is 2. The summed E-state index contributed by atoms with van der Waals surface area (Å²) < 4.78 is 1.96. The molecule has 0 unspecified atom stereocenters. The van der Waals surface area contributed by atoms with Gasteiger partial charge in [-0.25, -0.2) is 4.98 Å². The Bertz CT molecular complexity index is 949. The summed E-state index contributed by atoms with van der Waals surface area (Å²) in [7, 11) is 1.96. The average Bonchev–Trinajstić information content (AvgIpc) is 2.89. The molecule has 0 N–H and O–H groups in total. The molecule has 1 amide bonds. The van der Waals surface area contributed by atoms with E-state index in [1.54, 1.807) is 12.5 Å². The van der Waals surface area contributed by atoms with Crippen molar-refractivity contribution in [2.75, 3.05) is 26.2 Å². The number of rotatable bonds is 3. The number of imidazole rings is 1. The standard InChI is InChI=1S/C20H24N6O/c1-15-11-22-17(12-21-15)13-25-6-3-7-26(9-8-25)20(27)16-4-5-19-18(10-16)23-14-24(19)2/h4-5,10-12,14H,3,6-9,13H2,1-2H3. The summed E-state index contributed by atoms with van der Waals surface area (Å²) in [5.74, 6) is 0.0829. The van der Waals surface area contributed by atoms with Crippen LogP contribution in [0.15, 0.2) is 36.9 Å². The van der Waals surface area contributed by atoms with Crippen molar-refractivity contribution in [1.29, 1.82) is 0 Å². The molecule has 3 aromatic rings. The third kappa shape index (κ3) is 3.83. The number of carbonyl (C=O) groups is 1. The van der Waals surface area contributed by atoms with Crippen molar-refractivity contribution in [3.63, 3.8) is 0 Å². The quantitative estimate of drug-likeness (QED) is 0.711. The van der Waals surface area contributed by atoms with Gasteiger partial charge in [-0.3, -0.25) is 19.7 Å². The summed E-state index contributed by atoms with van der Waals surface area (Å²) in [6, 6.07) is 5.76. The van der Waals surface area contributed by atoms with Crippen LogP contribution in [0.2, 0.25) is 0 Å². The second-order valence-electron chi connectivity index (χ2n) is 7.13. The molecule has 7 nitrogen and oxygen atoms in total. The largest absolute Gasteiger partial charge is 0.337 e. The van der Waals surface area contributed by atoms with E-state index >= 15 is 0 Å². The van der Waals surface area contributed by atoms with Gasteiger partial charge in [0.1, 0.15) is 0 Å². The molecular formula is C20H24N6O. The van der Waals surface area contributed by atoms with E-state index in [4.69, 9.17) is 0 Å². The Morgan fingerprint density at radius 1 is 1.07 bits per heavy atom. The van der Waals surface area contributed by atoms with Crippen molar-refractivity contribution in [3.8, 4) is 0 Å². The van der Waals surface area contributed by atoms with Gasteiger partial charge in [0.05, 0.1) is 28.7 Å². The Morgan fingerprint density at radius 2 is 1.96 bits per heavy atom. The molecule has 0 aliphatic carbocycles. The summed E-state index contributed by atoms with van der Waals surface area (Å²) in [5, 5.41) is 0. The van der Waals surface area contributed by atoms with E-state index in [1.165, 1.54) is 0 Å². The Kier molecular flexibility index (Phi) is 4.85. The number of carbonyl (C=O) groups excluding carboxylic acids is 1. The van der Waals surface area contributed by atoms with Crippen LogP contribution in [0.1, 0.15) is 28.2 Å². The monoisotopic (exact) mass is 364 g/mol. The first-order valence-corrected chi connectivity index (χ1v) is 9.30. The van der Waals surface area contributed by atoms with Gasteiger partial charge < -0.3 is 9.47 Å². The molecule has 7 heteroatoms. The highest BCUT2D eigenvalue weighted by Gasteiger charge is 2.21. The predicted molar refractivity (Wildman–Crippen MR) is 103 cm³/mol. The zero-order valence-corrected chi connectivity index (χ0v) is 15.8. The Balaban J connectivity index is 1.42. The molecule has 140 valence electrons. The van der Waals surface area contributed by atoms with Crippen LogP contribution in [-0.4, -0.2) is 61.4 Å². The highest BCUT2D eigenvalue weighted by atomic mass is 16.2. The Morgan fingerprint density at radius 3 is 2.78 bits per heavy atom. The van der Waals surface area contributed by atoms with E-state index < -0.39 is 0 Å². The topological polar surface area (TPSA) is 67.2 Å². The van der Waals surface area contributed by atoms with Crippen LogP contribution in [-0.2, 0) is 13.6 Å².